The Balaban J connectivity index is 4.74. The van der Waals surface area contributed by atoms with E-state index < -0.39 is 23.7 Å². The molecule has 0 fully saturated rings. The third-order valence-corrected chi connectivity index (χ3v) is 1.53. The molecule has 0 amide bonds. The molecule has 0 aromatic carbocycles. The van der Waals surface area contributed by atoms with Crippen molar-refractivity contribution in [3.8, 4) is 0 Å². The summed E-state index contributed by atoms with van der Waals surface area (Å²) in [6.45, 7) is 5.01. The predicted molar refractivity (Wildman–Crippen MR) is 59.5 cm³/mol. The van der Waals surface area contributed by atoms with Gasteiger partial charge in [-0.2, -0.15) is 0 Å². The monoisotopic (exact) mass is 260 g/mol. The van der Waals surface area contributed by atoms with Gasteiger partial charge in [-0.15, -0.1) is 0 Å². The lowest BCUT2D eigenvalue weighted by Crippen LogP contribution is -2.19. The van der Waals surface area contributed by atoms with Crippen LogP contribution in [-0.2, 0) is 28.5 Å². The Kier molecular flexibility index (Phi) is 8.00. The first kappa shape index (κ1) is 16.0. The largest absolute Gasteiger partial charge is 0.513 e. The van der Waals surface area contributed by atoms with Crippen molar-refractivity contribution < 1.29 is 33.3 Å². The SMILES string of the molecule is CCOC(=O)OC=C(C(=O)OCC)C(=O)OCC. The van der Waals surface area contributed by atoms with Crippen molar-refractivity contribution in [2.45, 2.75) is 20.8 Å². The lowest BCUT2D eigenvalue weighted by molar-refractivity contribution is -0.146. The van der Waals surface area contributed by atoms with Gasteiger partial charge in [0, 0.05) is 0 Å². The highest BCUT2D eigenvalue weighted by Crippen LogP contribution is 2.03. The predicted octanol–water partition coefficient (Wildman–Crippen LogP) is 1.17. The summed E-state index contributed by atoms with van der Waals surface area (Å²) in [6, 6.07) is 0. The Morgan fingerprint density at radius 2 is 1.28 bits per heavy atom. The van der Waals surface area contributed by atoms with E-state index >= 15 is 0 Å². The van der Waals surface area contributed by atoms with Crippen LogP contribution in [0.3, 0.4) is 0 Å². The maximum atomic E-state index is 11.4. The van der Waals surface area contributed by atoms with Gasteiger partial charge in [0.15, 0.2) is 5.57 Å². The molecule has 0 bridgehead atoms. The van der Waals surface area contributed by atoms with E-state index in [1.165, 1.54) is 0 Å². The number of hydrogen-bond donors (Lipinski definition) is 0. The number of esters is 2. The van der Waals surface area contributed by atoms with Crippen LogP contribution in [0, 0.1) is 0 Å². The summed E-state index contributed by atoms with van der Waals surface area (Å²) in [5.41, 5.74) is -0.508. The molecule has 0 N–H and O–H groups in total. The van der Waals surface area contributed by atoms with Gasteiger partial charge in [0.1, 0.15) is 6.26 Å². The van der Waals surface area contributed by atoms with Gasteiger partial charge in [0.05, 0.1) is 19.8 Å². The molecule has 0 spiro atoms. The molecule has 0 aliphatic heterocycles. The highest BCUT2D eigenvalue weighted by Gasteiger charge is 2.22. The maximum Gasteiger partial charge on any atom is 0.513 e. The highest BCUT2D eigenvalue weighted by molar-refractivity contribution is 6.13. The van der Waals surface area contributed by atoms with Crippen molar-refractivity contribution in [3.63, 3.8) is 0 Å². The summed E-state index contributed by atoms with van der Waals surface area (Å²) in [5, 5.41) is 0. The van der Waals surface area contributed by atoms with E-state index in [1.807, 2.05) is 0 Å². The zero-order chi connectivity index (χ0) is 14.0. The standard InChI is InChI=1S/C11H16O7/c1-4-15-9(12)8(10(13)16-5-2)7-18-11(14)17-6-3/h7H,4-6H2,1-3H3. The zero-order valence-electron chi connectivity index (χ0n) is 10.6. The quantitative estimate of drug-likeness (QED) is 0.177. The number of rotatable bonds is 6. The second-order valence-electron chi connectivity index (χ2n) is 2.77. The smallest absolute Gasteiger partial charge is 0.462 e. The van der Waals surface area contributed by atoms with Crippen LogP contribution in [0.25, 0.3) is 0 Å². The molecular weight excluding hydrogens is 244 g/mol. The number of carbonyl (C=O) groups is 3. The van der Waals surface area contributed by atoms with Crippen LogP contribution < -0.4 is 0 Å². The number of carbonyl (C=O) groups excluding carboxylic acids is 3. The van der Waals surface area contributed by atoms with Gasteiger partial charge in [-0.3, -0.25) is 0 Å². The minimum absolute atomic E-state index is 0.0784. The summed E-state index contributed by atoms with van der Waals surface area (Å²) in [4.78, 5) is 33.7. The first-order valence-corrected chi connectivity index (χ1v) is 5.44. The summed E-state index contributed by atoms with van der Waals surface area (Å²) < 4.78 is 18.2. The van der Waals surface area contributed by atoms with Crippen molar-refractivity contribution >= 4 is 18.1 Å². The Morgan fingerprint density at radius 1 is 0.833 bits per heavy atom. The number of hydrogen-bond acceptors (Lipinski definition) is 7. The van der Waals surface area contributed by atoms with Gasteiger partial charge in [-0.25, -0.2) is 14.4 Å². The molecule has 0 atom stereocenters. The summed E-state index contributed by atoms with van der Waals surface area (Å²) in [7, 11) is 0. The van der Waals surface area contributed by atoms with Gasteiger partial charge in [-0.1, -0.05) is 0 Å². The van der Waals surface area contributed by atoms with Crippen LogP contribution in [0.4, 0.5) is 4.79 Å². The van der Waals surface area contributed by atoms with Gasteiger partial charge < -0.3 is 18.9 Å². The molecule has 18 heavy (non-hydrogen) atoms. The van der Waals surface area contributed by atoms with Crippen LogP contribution in [0.1, 0.15) is 20.8 Å². The van der Waals surface area contributed by atoms with Gasteiger partial charge in [0.25, 0.3) is 0 Å². The Morgan fingerprint density at radius 3 is 1.67 bits per heavy atom. The summed E-state index contributed by atoms with van der Waals surface area (Å²) in [6.07, 6.45) is -0.364. The van der Waals surface area contributed by atoms with Crippen LogP contribution in [-0.4, -0.2) is 37.9 Å². The van der Waals surface area contributed by atoms with Crippen molar-refractivity contribution in [1.29, 1.82) is 0 Å². The van der Waals surface area contributed by atoms with Crippen molar-refractivity contribution in [2.75, 3.05) is 19.8 Å². The van der Waals surface area contributed by atoms with Crippen molar-refractivity contribution in [1.82, 2.24) is 0 Å². The summed E-state index contributed by atoms with van der Waals surface area (Å²) >= 11 is 0. The van der Waals surface area contributed by atoms with E-state index in [0.717, 1.165) is 0 Å². The average Bonchev–Trinajstić information content (AvgIpc) is 2.30. The maximum absolute atomic E-state index is 11.4. The van der Waals surface area contributed by atoms with Crippen molar-refractivity contribution in [3.05, 3.63) is 11.8 Å². The minimum atomic E-state index is -1.02. The fourth-order valence-corrected chi connectivity index (χ4v) is 0.856. The van der Waals surface area contributed by atoms with Crippen LogP contribution in [0.2, 0.25) is 0 Å². The normalized spacial score (nSPS) is 9.06. The second-order valence-corrected chi connectivity index (χ2v) is 2.77. The van der Waals surface area contributed by atoms with E-state index in [0.29, 0.717) is 6.26 Å². The minimum Gasteiger partial charge on any atom is -0.462 e. The highest BCUT2D eigenvalue weighted by atomic mass is 16.7. The molecule has 0 aliphatic carbocycles. The first-order valence-electron chi connectivity index (χ1n) is 5.44. The lowest BCUT2D eigenvalue weighted by Gasteiger charge is -2.06. The van der Waals surface area contributed by atoms with Crippen LogP contribution in [0.5, 0.6) is 0 Å². The number of ether oxygens (including phenoxy) is 4. The fraction of sp³-hybridized carbons (Fsp3) is 0.545. The molecule has 7 nitrogen and oxygen atoms in total. The Bertz CT molecular complexity index is 312. The molecule has 0 saturated carbocycles. The van der Waals surface area contributed by atoms with E-state index in [4.69, 9.17) is 0 Å². The molecule has 7 heteroatoms. The molecular formula is C11H16O7. The third-order valence-electron chi connectivity index (χ3n) is 1.53. The first-order chi connectivity index (χ1) is 8.56. The molecule has 0 aromatic heterocycles. The van der Waals surface area contributed by atoms with Gasteiger partial charge >= 0.3 is 18.1 Å². The second kappa shape index (κ2) is 9.03. The van der Waals surface area contributed by atoms with Crippen LogP contribution in [0.15, 0.2) is 11.8 Å². The van der Waals surface area contributed by atoms with Crippen LogP contribution >= 0.6 is 0 Å². The van der Waals surface area contributed by atoms with E-state index in [1.54, 1.807) is 20.8 Å². The molecule has 0 saturated heterocycles. The fourth-order valence-electron chi connectivity index (χ4n) is 0.856. The third kappa shape index (κ3) is 5.88. The van der Waals surface area contributed by atoms with Gasteiger partial charge in [-0.05, 0) is 20.8 Å². The lowest BCUT2D eigenvalue weighted by atomic mass is 10.3. The molecule has 0 unspecified atom stereocenters. The molecule has 0 radical (unpaired) electrons. The van der Waals surface area contributed by atoms with Gasteiger partial charge in [0.2, 0.25) is 0 Å². The van der Waals surface area contributed by atoms with E-state index in [2.05, 4.69) is 18.9 Å². The Labute approximate surface area is 105 Å². The topological polar surface area (TPSA) is 88.1 Å². The summed E-state index contributed by atoms with van der Waals surface area (Å²) in [5.74, 6) is -1.86. The zero-order valence-corrected chi connectivity index (χ0v) is 10.6. The molecule has 0 rings (SSSR count). The van der Waals surface area contributed by atoms with E-state index in [-0.39, 0.29) is 19.8 Å². The average molecular weight is 260 g/mol. The Hall–Kier alpha value is -2.05. The molecule has 0 aromatic rings. The van der Waals surface area contributed by atoms with E-state index in [9.17, 15) is 14.4 Å². The molecule has 0 aliphatic rings. The molecule has 102 valence electrons. The van der Waals surface area contributed by atoms with Crippen molar-refractivity contribution in [2.24, 2.45) is 0 Å². The molecule has 0 heterocycles.